The Hall–Kier alpha value is -2.57. The molecule has 36 heavy (non-hydrogen) atoms. The van der Waals surface area contributed by atoms with Gasteiger partial charge in [0.15, 0.2) is 11.5 Å². The van der Waals surface area contributed by atoms with Gasteiger partial charge in [0.1, 0.15) is 0 Å². The van der Waals surface area contributed by atoms with Crippen LogP contribution in [0.2, 0.25) is 0 Å². The summed E-state index contributed by atoms with van der Waals surface area (Å²) in [6.07, 6.45) is 7.89. The number of hydrogen-bond donors (Lipinski definition) is 3. The van der Waals surface area contributed by atoms with E-state index in [0.29, 0.717) is 12.8 Å². The van der Waals surface area contributed by atoms with Crippen LogP contribution < -0.4 is 0 Å². The number of likely N-dealkylation sites (tertiary alicyclic amines) is 1. The van der Waals surface area contributed by atoms with Crippen LogP contribution in [0, 0.1) is 11.8 Å². The maximum atomic E-state index is 13.0. The first-order valence-electron chi connectivity index (χ1n) is 13.6. The second-order valence-electron chi connectivity index (χ2n) is 11.4. The van der Waals surface area contributed by atoms with Crippen LogP contribution in [0.25, 0.3) is 0 Å². The van der Waals surface area contributed by atoms with Gasteiger partial charge in [0.05, 0.1) is 12.0 Å². The highest BCUT2D eigenvalue weighted by atomic mass is 16.3. The average molecular weight is 493 g/mol. The standard InChI is InChI=1S/C30H40N2O4/c1-31(29(35)18-21-5-3-2-4-6-21)25-13-15-30(36)24(19-25)14-16-32(20-23-7-8-23)28(30)12-10-22-9-11-26(33)27(34)17-22/h2-6,9,11,17,23-25,28,33-34,36H,7-8,10,12-16,18-20H2,1H3/t24?,25?,28-,30?/m1/s1. The lowest BCUT2D eigenvalue weighted by molar-refractivity contribution is -0.158. The fraction of sp³-hybridized carbons (Fsp3) is 0.567. The molecule has 6 heteroatoms. The van der Waals surface area contributed by atoms with E-state index in [-0.39, 0.29) is 35.4 Å². The summed E-state index contributed by atoms with van der Waals surface area (Å²) in [6, 6.07) is 15.2. The van der Waals surface area contributed by atoms with E-state index >= 15 is 0 Å². The zero-order valence-corrected chi connectivity index (χ0v) is 21.4. The first kappa shape index (κ1) is 25.1. The highest BCUT2D eigenvalue weighted by molar-refractivity contribution is 5.78. The van der Waals surface area contributed by atoms with Crippen molar-refractivity contribution in [1.82, 2.24) is 9.80 Å². The lowest BCUT2D eigenvalue weighted by atomic mass is 9.64. The van der Waals surface area contributed by atoms with Crippen molar-refractivity contribution < 1.29 is 20.1 Å². The predicted molar refractivity (Wildman–Crippen MR) is 140 cm³/mol. The minimum Gasteiger partial charge on any atom is -0.504 e. The van der Waals surface area contributed by atoms with Gasteiger partial charge in [-0.2, -0.15) is 0 Å². The third kappa shape index (κ3) is 5.40. The number of fused-ring (bicyclic) bond motifs is 1. The monoisotopic (exact) mass is 492 g/mol. The molecule has 2 aromatic carbocycles. The van der Waals surface area contributed by atoms with Crippen molar-refractivity contribution in [2.24, 2.45) is 11.8 Å². The molecule has 0 spiro atoms. The number of phenols is 2. The summed E-state index contributed by atoms with van der Waals surface area (Å²) in [5, 5.41) is 31.8. The number of hydrogen-bond acceptors (Lipinski definition) is 5. The molecule has 6 nitrogen and oxygen atoms in total. The summed E-state index contributed by atoms with van der Waals surface area (Å²) in [7, 11) is 1.93. The number of carbonyl (C=O) groups excluding carboxylic acids is 1. The van der Waals surface area contributed by atoms with Crippen LogP contribution in [0.4, 0.5) is 0 Å². The van der Waals surface area contributed by atoms with Gasteiger partial charge in [-0.05, 0) is 93.0 Å². The van der Waals surface area contributed by atoms with Gasteiger partial charge in [-0.3, -0.25) is 9.69 Å². The smallest absolute Gasteiger partial charge is 0.226 e. The number of aryl methyl sites for hydroxylation is 1. The van der Waals surface area contributed by atoms with Gasteiger partial charge in [-0.15, -0.1) is 0 Å². The molecule has 3 unspecified atom stereocenters. The number of carbonyl (C=O) groups is 1. The topological polar surface area (TPSA) is 84.2 Å². The number of benzene rings is 2. The molecular formula is C30H40N2O4. The van der Waals surface area contributed by atoms with E-state index in [2.05, 4.69) is 4.90 Å². The Labute approximate surface area is 214 Å². The molecule has 0 aromatic heterocycles. The lowest BCUT2D eigenvalue weighted by Crippen LogP contribution is -2.65. The molecule has 1 saturated heterocycles. The Morgan fingerprint density at radius 2 is 1.81 bits per heavy atom. The maximum absolute atomic E-state index is 13.0. The molecule has 3 aliphatic rings. The molecule has 2 aliphatic carbocycles. The number of rotatable bonds is 8. The van der Waals surface area contributed by atoms with Crippen molar-refractivity contribution in [2.45, 2.75) is 75.5 Å². The Balaban J connectivity index is 1.27. The maximum Gasteiger partial charge on any atom is 0.226 e. The minimum atomic E-state index is -0.758. The van der Waals surface area contributed by atoms with Gasteiger partial charge in [0.2, 0.25) is 5.91 Å². The quantitative estimate of drug-likeness (QED) is 0.483. The molecular weight excluding hydrogens is 452 g/mol. The molecule has 0 radical (unpaired) electrons. The number of phenolic OH excluding ortho intramolecular Hbond substituents is 2. The minimum absolute atomic E-state index is 0.0686. The second-order valence-corrected chi connectivity index (χ2v) is 11.4. The average Bonchev–Trinajstić information content (AvgIpc) is 3.69. The van der Waals surface area contributed by atoms with E-state index in [0.717, 1.165) is 62.2 Å². The van der Waals surface area contributed by atoms with Crippen molar-refractivity contribution >= 4 is 5.91 Å². The molecule has 1 heterocycles. The Bertz CT molecular complexity index is 1060. The van der Waals surface area contributed by atoms with Gasteiger partial charge in [0, 0.05) is 25.7 Å². The number of nitrogens with zero attached hydrogens (tertiary/aromatic N) is 2. The Kier molecular flexibility index (Phi) is 7.27. The van der Waals surface area contributed by atoms with Crippen LogP contribution in [-0.2, 0) is 17.6 Å². The van der Waals surface area contributed by atoms with Crippen LogP contribution >= 0.6 is 0 Å². The fourth-order valence-corrected chi connectivity index (χ4v) is 6.61. The van der Waals surface area contributed by atoms with Crippen LogP contribution in [0.1, 0.15) is 56.1 Å². The lowest BCUT2D eigenvalue weighted by Gasteiger charge is -2.56. The molecule has 194 valence electrons. The largest absolute Gasteiger partial charge is 0.504 e. The number of amides is 1. The highest BCUT2D eigenvalue weighted by Crippen LogP contribution is 2.47. The van der Waals surface area contributed by atoms with E-state index in [1.165, 1.54) is 12.8 Å². The van der Waals surface area contributed by atoms with Crippen molar-refractivity contribution in [3.63, 3.8) is 0 Å². The van der Waals surface area contributed by atoms with Gasteiger partial charge in [-0.25, -0.2) is 0 Å². The fourth-order valence-electron chi connectivity index (χ4n) is 6.61. The first-order chi connectivity index (χ1) is 17.3. The summed E-state index contributed by atoms with van der Waals surface area (Å²) in [5.41, 5.74) is 1.25. The predicted octanol–water partition coefficient (Wildman–Crippen LogP) is 4.12. The van der Waals surface area contributed by atoms with Crippen molar-refractivity contribution in [1.29, 1.82) is 0 Å². The molecule has 0 bridgehead atoms. The van der Waals surface area contributed by atoms with Gasteiger partial charge in [-0.1, -0.05) is 36.4 Å². The summed E-state index contributed by atoms with van der Waals surface area (Å²) < 4.78 is 0. The molecule has 2 aromatic rings. The van der Waals surface area contributed by atoms with Crippen molar-refractivity contribution in [3.05, 3.63) is 59.7 Å². The summed E-state index contributed by atoms with van der Waals surface area (Å²) in [4.78, 5) is 17.5. The van der Waals surface area contributed by atoms with Crippen LogP contribution in [-0.4, -0.2) is 68.8 Å². The van der Waals surface area contributed by atoms with Gasteiger partial charge < -0.3 is 20.2 Å². The number of aromatic hydroxyl groups is 2. The summed E-state index contributed by atoms with van der Waals surface area (Å²) in [6.45, 7) is 2.04. The van der Waals surface area contributed by atoms with Crippen molar-refractivity contribution in [3.8, 4) is 11.5 Å². The SMILES string of the molecule is CN(C(=O)Cc1ccccc1)C1CCC2(O)C(CCN(CC3CC3)[C@@H]2CCc2ccc(O)c(O)c2)C1. The molecule has 1 amide bonds. The second kappa shape index (κ2) is 10.4. The molecule has 1 aliphatic heterocycles. The number of likely N-dealkylation sites (N-methyl/N-ethyl adjacent to an activating group) is 1. The zero-order chi connectivity index (χ0) is 25.3. The summed E-state index contributed by atoms with van der Waals surface area (Å²) >= 11 is 0. The zero-order valence-electron chi connectivity index (χ0n) is 21.4. The number of aliphatic hydroxyl groups is 1. The normalized spacial score (nSPS) is 28.4. The Morgan fingerprint density at radius 1 is 1.03 bits per heavy atom. The van der Waals surface area contributed by atoms with E-state index in [1.807, 2.05) is 48.3 Å². The van der Waals surface area contributed by atoms with E-state index in [4.69, 9.17) is 0 Å². The van der Waals surface area contributed by atoms with E-state index in [9.17, 15) is 20.1 Å². The third-order valence-electron chi connectivity index (χ3n) is 9.00. The highest BCUT2D eigenvalue weighted by Gasteiger charge is 2.53. The number of piperidine rings is 1. The third-order valence-corrected chi connectivity index (χ3v) is 9.00. The van der Waals surface area contributed by atoms with E-state index < -0.39 is 5.60 Å². The van der Waals surface area contributed by atoms with E-state index in [1.54, 1.807) is 12.1 Å². The van der Waals surface area contributed by atoms with Gasteiger partial charge in [0.25, 0.3) is 0 Å². The summed E-state index contributed by atoms with van der Waals surface area (Å²) in [5.74, 6) is 0.882. The van der Waals surface area contributed by atoms with Crippen LogP contribution in [0.5, 0.6) is 11.5 Å². The van der Waals surface area contributed by atoms with Gasteiger partial charge >= 0.3 is 0 Å². The molecule has 2 saturated carbocycles. The van der Waals surface area contributed by atoms with Crippen LogP contribution in [0.3, 0.4) is 0 Å². The molecule has 3 N–H and O–H groups in total. The van der Waals surface area contributed by atoms with Crippen LogP contribution in [0.15, 0.2) is 48.5 Å². The molecule has 3 fully saturated rings. The Morgan fingerprint density at radius 3 is 2.53 bits per heavy atom. The first-order valence-corrected chi connectivity index (χ1v) is 13.6. The van der Waals surface area contributed by atoms with Crippen molar-refractivity contribution in [2.75, 3.05) is 20.1 Å². The molecule has 5 rings (SSSR count). The molecule has 4 atom stereocenters.